The van der Waals surface area contributed by atoms with Crippen molar-refractivity contribution in [2.75, 3.05) is 6.61 Å². The van der Waals surface area contributed by atoms with Crippen molar-refractivity contribution in [2.45, 2.75) is 59.2 Å². The molecular weight excluding hydrogens is 444 g/mol. The molecule has 0 saturated heterocycles. The molecule has 0 radical (unpaired) electrons. The van der Waals surface area contributed by atoms with Crippen LogP contribution in [0.4, 0.5) is 0 Å². The number of nitrogens with one attached hydrogen (secondary N) is 1. The third-order valence-corrected chi connectivity index (χ3v) is 5.39. The molecule has 0 bridgehead atoms. The molecule has 0 aromatic heterocycles. The molecule has 0 aliphatic heterocycles. The second kappa shape index (κ2) is 11.7. The number of ether oxygens (including phenoxy) is 1. The van der Waals surface area contributed by atoms with Crippen molar-refractivity contribution in [3.63, 3.8) is 0 Å². The van der Waals surface area contributed by atoms with E-state index in [1.807, 2.05) is 69.3 Å². The van der Waals surface area contributed by atoms with Crippen molar-refractivity contribution in [3.8, 4) is 5.75 Å². The van der Waals surface area contributed by atoms with Gasteiger partial charge < -0.3 is 15.0 Å². The van der Waals surface area contributed by atoms with Crippen molar-refractivity contribution in [1.82, 2.24) is 10.2 Å². The van der Waals surface area contributed by atoms with Crippen LogP contribution in [-0.4, -0.2) is 35.4 Å². The monoisotopic (exact) mass is 474 g/mol. The Bertz CT molecular complexity index is 840. The highest BCUT2D eigenvalue weighted by molar-refractivity contribution is 9.10. The van der Waals surface area contributed by atoms with Crippen LogP contribution in [0.1, 0.15) is 45.2 Å². The number of aryl methyl sites for hydroxylation is 1. The standard InChI is InChI=1S/C24H31BrN2O3/c1-5-18-12-13-22(20(25)14-18)30-16-23(28)27(15-19-10-8-7-9-11-19)21(6-2)24(29)26-17(3)4/h7-14,17,21H,5-6,15-16H2,1-4H3,(H,26,29)/t21-/m1/s1. The molecule has 0 fully saturated rings. The molecule has 0 unspecified atom stereocenters. The highest BCUT2D eigenvalue weighted by Gasteiger charge is 2.29. The van der Waals surface area contributed by atoms with Gasteiger partial charge >= 0.3 is 0 Å². The van der Waals surface area contributed by atoms with Crippen LogP contribution >= 0.6 is 15.9 Å². The van der Waals surface area contributed by atoms with Gasteiger partial charge in [0.15, 0.2) is 6.61 Å². The predicted molar refractivity (Wildman–Crippen MR) is 123 cm³/mol. The summed E-state index contributed by atoms with van der Waals surface area (Å²) in [7, 11) is 0. The van der Waals surface area contributed by atoms with Gasteiger partial charge in [0.2, 0.25) is 5.91 Å². The maximum atomic E-state index is 13.2. The van der Waals surface area contributed by atoms with Gasteiger partial charge in [-0.25, -0.2) is 0 Å². The van der Waals surface area contributed by atoms with Gasteiger partial charge in [0.1, 0.15) is 11.8 Å². The zero-order valence-corrected chi connectivity index (χ0v) is 19.7. The van der Waals surface area contributed by atoms with Gasteiger partial charge in [-0.15, -0.1) is 0 Å². The average molecular weight is 475 g/mol. The molecule has 1 N–H and O–H groups in total. The highest BCUT2D eigenvalue weighted by Crippen LogP contribution is 2.26. The molecular formula is C24H31BrN2O3. The number of hydrogen-bond acceptors (Lipinski definition) is 3. The predicted octanol–water partition coefficient (Wildman–Crippen LogP) is 4.72. The molecule has 6 heteroatoms. The van der Waals surface area contributed by atoms with Crippen molar-refractivity contribution < 1.29 is 14.3 Å². The van der Waals surface area contributed by atoms with E-state index in [-0.39, 0.29) is 24.5 Å². The molecule has 1 atom stereocenters. The number of amides is 2. The summed E-state index contributed by atoms with van der Waals surface area (Å²) in [4.78, 5) is 27.5. The fourth-order valence-corrected chi connectivity index (χ4v) is 3.72. The first-order valence-corrected chi connectivity index (χ1v) is 11.2. The molecule has 0 spiro atoms. The maximum Gasteiger partial charge on any atom is 0.261 e. The van der Waals surface area contributed by atoms with Crippen LogP contribution in [0.3, 0.4) is 0 Å². The zero-order valence-electron chi connectivity index (χ0n) is 18.2. The number of carbonyl (C=O) groups is 2. The molecule has 2 amide bonds. The van der Waals surface area contributed by atoms with Crippen LogP contribution in [0.15, 0.2) is 53.0 Å². The average Bonchev–Trinajstić information content (AvgIpc) is 2.72. The van der Waals surface area contributed by atoms with Crippen LogP contribution in [-0.2, 0) is 22.6 Å². The smallest absolute Gasteiger partial charge is 0.261 e. The van der Waals surface area contributed by atoms with Crippen LogP contribution in [0, 0.1) is 0 Å². The summed E-state index contributed by atoms with van der Waals surface area (Å²) in [6, 6.07) is 15.0. The number of rotatable bonds is 10. The van der Waals surface area contributed by atoms with Crippen LogP contribution < -0.4 is 10.1 Å². The quantitative estimate of drug-likeness (QED) is 0.541. The van der Waals surface area contributed by atoms with Gasteiger partial charge in [0.25, 0.3) is 5.91 Å². The topological polar surface area (TPSA) is 58.6 Å². The van der Waals surface area contributed by atoms with Gasteiger partial charge in [0.05, 0.1) is 4.47 Å². The van der Waals surface area contributed by atoms with E-state index in [0.29, 0.717) is 18.7 Å². The molecule has 2 aromatic rings. The molecule has 30 heavy (non-hydrogen) atoms. The summed E-state index contributed by atoms with van der Waals surface area (Å²) in [5.41, 5.74) is 2.15. The summed E-state index contributed by atoms with van der Waals surface area (Å²) in [6.07, 6.45) is 1.44. The molecule has 2 aromatic carbocycles. The summed E-state index contributed by atoms with van der Waals surface area (Å²) in [5.74, 6) is 0.237. The summed E-state index contributed by atoms with van der Waals surface area (Å²) in [5, 5.41) is 2.93. The molecule has 0 saturated carbocycles. The largest absolute Gasteiger partial charge is 0.483 e. The van der Waals surface area contributed by atoms with Gasteiger partial charge in [-0.05, 0) is 65.9 Å². The lowest BCUT2D eigenvalue weighted by atomic mass is 10.1. The number of benzene rings is 2. The summed E-state index contributed by atoms with van der Waals surface area (Å²) < 4.78 is 6.62. The van der Waals surface area contributed by atoms with Crippen molar-refractivity contribution in [1.29, 1.82) is 0 Å². The van der Waals surface area contributed by atoms with Crippen molar-refractivity contribution in [2.24, 2.45) is 0 Å². The summed E-state index contributed by atoms with van der Waals surface area (Å²) in [6.45, 7) is 8.03. The Balaban J connectivity index is 2.19. The van der Waals surface area contributed by atoms with Crippen molar-refractivity contribution in [3.05, 3.63) is 64.1 Å². The normalized spacial score (nSPS) is 11.8. The Labute approximate surface area is 187 Å². The number of carbonyl (C=O) groups excluding carboxylic acids is 2. The van der Waals surface area contributed by atoms with E-state index in [0.717, 1.165) is 16.5 Å². The lowest BCUT2D eigenvalue weighted by Crippen LogP contribution is -2.51. The molecule has 162 valence electrons. The Morgan fingerprint density at radius 3 is 2.33 bits per heavy atom. The van der Waals surface area contributed by atoms with Crippen LogP contribution in [0.2, 0.25) is 0 Å². The molecule has 0 aliphatic rings. The molecule has 0 heterocycles. The first-order valence-electron chi connectivity index (χ1n) is 10.4. The van der Waals surface area contributed by atoms with E-state index in [1.54, 1.807) is 4.90 Å². The fraction of sp³-hybridized carbons (Fsp3) is 0.417. The van der Waals surface area contributed by atoms with E-state index < -0.39 is 6.04 Å². The lowest BCUT2D eigenvalue weighted by Gasteiger charge is -2.31. The first-order chi connectivity index (χ1) is 14.3. The molecule has 0 aliphatic carbocycles. The Morgan fingerprint density at radius 2 is 1.77 bits per heavy atom. The minimum atomic E-state index is -0.561. The number of hydrogen-bond donors (Lipinski definition) is 1. The molecule has 2 rings (SSSR count). The molecule has 5 nitrogen and oxygen atoms in total. The zero-order chi connectivity index (χ0) is 22.1. The SMILES string of the molecule is CCc1ccc(OCC(=O)N(Cc2ccccc2)[C@H](CC)C(=O)NC(C)C)c(Br)c1. The van der Waals surface area contributed by atoms with Gasteiger partial charge in [-0.3, -0.25) is 9.59 Å². The van der Waals surface area contributed by atoms with E-state index >= 15 is 0 Å². The second-order valence-electron chi connectivity index (χ2n) is 7.50. The third-order valence-electron chi connectivity index (χ3n) is 4.77. The third kappa shape index (κ3) is 6.87. The Kier molecular flexibility index (Phi) is 9.37. The van der Waals surface area contributed by atoms with Crippen LogP contribution in [0.5, 0.6) is 5.75 Å². The van der Waals surface area contributed by atoms with Gasteiger partial charge in [0, 0.05) is 12.6 Å². The van der Waals surface area contributed by atoms with Gasteiger partial charge in [-0.1, -0.05) is 50.2 Å². The van der Waals surface area contributed by atoms with E-state index in [2.05, 4.69) is 28.2 Å². The van der Waals surface area contributed by atoms with E-state index in [9.17, 15) is 9.59 Å². The minimum absolute atomic E-state index is 0.00418. The van der Waals surface area contributed by atoms with E-state index in [1.165, 1.54) is 5.56 Å². The Morgan fingerprint density at radius 1 is 1.07 bits per heavy atom. The summed E-state index contributed by atoms with van der Waals surface area (Å²) >= 11 is 3.51. The second-order valence-corrected chi connectivity index (χ2v) is 8.36. The minimum Gasteiger partial charge on any atom is -0.483 e. The fourth-order valence-electron chi connectivity index (χ4n) is 3.18. The Hall–Kier alpha value is -2.34. The first kappa shape index (κ1) is 23.9. The van der Waals surface area contributed by atoms with Crippen molar-refractivity contribution >= 4 is 27.7 Å². The van der Waals surface area contributed by atoms with Crippen LogP contribution in [0.25, 0.3) is 0 Å². The highest BCUT2D eigenvalue weighted by atomic mass is 79.9. The lowest BCUT2D eigenvalue weighted by molar-refractivity contribution is -0.143. The van der Waals surface area contributed by atoms with Gasteiger partial charge in [-0.2, -0.15) is 0 Å². The number of halogens is 1. The maximum absolute atomic E-state index is 13.2. The van der Waals surface area contributed by atoms with E-state index in [4.69, 9.17) is 4.74 Å². The number of nitrogens with zero attached hydrogens (tertiary/aromatic N) is 1.